The third-order valence-electron chi connectivity index (χ3n) is 4.78. The molecule has 14 nitrogen and oxygen atoms in total. The summed E-state index contributed by atoms with van der Waals surface area (Å²) in [5.74, 6) is -1.20. The number of hydrogen-bond donors (Lipinski definition) is 4. The van der Waals surface area contributed by atoms with Crippen molar-refractivity contribution >= 4 is 36.5 Å². The number of aromatic nitrogens is 4. The van der Waals surface area contributed by atoms with Gasteiger partial charge in [-0.1, -0.05) is 13.3 Å². The first kappa shape index (κ1) is 28.4. The van der Waals surface area contributed by atoms with E-state index in [0.29, 0.717) is 6.42 Å². The number of nitrogens with two attached hydrogens (primary N) is 1. The quantitative estimate of drug-likeness (QED) is 0.148. The number of ether oxygens (including phenoxy) is 3. The minimum Gasteiger partial charge on any atom is -0.465 e. The SMILES string of the molecule is CCCCOC(=O)[C@@H](C)NP(=O)(COCCn1cnc2c(=O)[nH]c(N)nc21)N[C@@H](C)C(=O)OCC. The summed E-state index contributed by atoms with van der Waals surface area (Å²) >= 11 is 0. The average molecular weight is 516 g/mol. The van der Waals surface area contributed by atoms with Gasteiger partial charge >= 0.3 is 11.9 Å². The second-order valence-electron chi connectivity index (χ2n) is 7.81. The van der Waals surface area contributed by atoms with Crippen molar-refractivity contribution in [1.82, 2.24) is 29.7 Å². The summed E-state index contributed by atoms with van der Waals surface area (Å²) < 4.78 is 30.9. The van der Waals surface area contributed by atoms with Crippen molar-refractivity contribution in [2.45, 2.75) is 59.2 Å². The predicted octanol–water partition coefficient (Wildman–Crippen LogP) is 0.732. The van der Waals surface area contributed by atoms with Gasteiger partial charge in [0.2, 0.25) is 13.4 Å². The van der Waals surface area contributed by atoms with Gasteiger partial charge in [-0.25, -0.2) is 15.2 Å². The highest BCUT2D eigenvalue weighted by Crippen LogP contribution is 2.37. The maximum absolute atomic E-state index is 13.6. The maximum Gasteiger partial charge on any atom is 0.323 e. The first-order valence-corrected chi connectivity index (χ1v) is 13.3. The van der Waals surface area contributed by atoms with Crippen LogP contribution in [0.25, 0.3) is 11.2 Å². The molecule has 0 aliphatic heterocycles. The van der Waals surface area contributed by atoms with E-state index in [9.17, 15) is 18.9 Å². The van der Waals surface area contributed by atoms with Crippen LogP contribution in [-0.2, 0) is 34.9 Å². The minimum atomic E-state index is -3.61. The summed E-state index contributed by atoms with van der Waals surface area (Å²) in [5.41, 5.74) is 5.55. The summed E-state index contributed by atoms with van der Waals surface area (Å²) in [6.45, 7) is 7.37. The molecule has 0 aromatic carbocycles. The topological polar surface area (TPSA) is 193 Å². The van der Waals surface area contributed by atoms with Crippen LogP contribution in [0.15, 0.2) is 11.1 Å². The lowest BCUT2D eigenvalue weighted by Crippen LogP contribution is -2.43. The van der Waals surface area contributed by atoms with E-state index in [1.165, 1.54) is 20.2 Å². The van der Waals surface area contributed by atoms with Crippen molar-refractivity contribution in [2.75, 3.05) is 31.9 Å². The molecule has 0 aliphatic rings. The summed E-state index contributed by atoms with van der Waals surface area (Å²) in [6, 6.07) is -1.84. The van der Waals surface area contributed by atoms with E-state index in [-0.39, 0.29) is 49.8 Å². The fraction of sp³-hybridized carbons (Fsp3) is 0.650. The predicted molar refractivity (Wildman–Crippen MR) is 129 cm³/mol. The van der Waals surface area contributed by atoms with E-state index in [1.54, 1.807) is 11.5 Å². The molecule has 0 bridgehead atoms. The molecule has 0 saturated heterocycles. The monoisotopic (exact) mass is 515 g/mol. The molecule has 196 valence electrons. The molecule has 0 aliphatic carbocycles. The van der Waals surface area contributed by atoms with Gasteiger partial charge in [0, 0.05) is 6.54 Å². The Kier molecular flexibility index (Phi) is 10.8. The van der Waals surface area contributed by atoms with Crippen LogP contribution in [0.2, 0.25) is 0 Å². The van der Waals surface area contributed by atoms with Crippen molar-refractivity contribution in [1.29, 1.82) is 0 Å². The summed E-state index contributed by atoms with van der Waals surface area (Å²) in [4.78, 5) is 46.7. The van der Waals surface area contributed by atoms with Crippen molar-refractivity contribution in [2.24, 2.45) is 0 Å². The molecule has 2 aromatic heterocycles. The Morgan fingerprint density at radius 3 is 2.46 bits per heavy atom. The maximum atomic E-state index is 13.6. The highest BCUT2D eigenvalue weighted by molar-refractivity contribution is 7.59. The molecule has 15 heteroatoms. The van der Waals surface area contributed by atoms with Crippen LogP contribution in [0, 0.1) is 0 Å². The Morgan fingerprint density at radius 2 is 1.83 bits per heavy atom. The van der Waals surface area contributed by atoms with Gasteiger partial charge in [-0.05, 0) is 27.2 Å². The summed E-state index contributed by atoms with van der Waals surface area (Å²) in [7, 11) is -3.61. The fourth-order valence-electron chi connectivity index (χ4n) is 3.04. The molecule has 35 heavy (non-hydrogen) atoms. The molecule has 0 radical (unpaired) electrons. The van der Waals surface area contributed by atoms with Gasteiger partial charge in [0.05, 0.1) is 26.1 Å². The number of carbonyl (C=O) groups is 2. The second kappa shape index (κ2) is 13.3. The zero-order chi connectivity index (χ0) is 26.0. The van der Waals surface area contributed by atoms with E-state index in [4.69, 9.17) is 19.9 Å². The van der Waals surface area contributed by atoms with Gasteiger partial charge in [0.25, 0.3) is 5.56 Å². The van der Waals surface area contributed by atoms with E-state index in [1.807, 2.05) is 6.92 Å². The number of esters is 2. The van der Waals surface area contributed by atoms with Crippen molar-refractivity contribution in [3.05, 3.63) is 16.7 Å². The third-order valence-corrected chi connectivity index (χ3v) is 6.94. The largest absolute Gasteiger partial charge is 0.465 e. The van der Waals surface area contributed by atoms with Gasteiger partial charge in [0.15, 0.2) is 11.2 Å². The number of unbranched alkanes of at least 4 members (excludes halogenated alkanes) is 1. The van der Waals surface area contributed by atoms with Crippen LogP contribution in [-0.4, -0.2) is 69.7 Å². The number of aromatic amines is 1. The molecule has 0 spiro atoms. The van der Waals surface area contributed by atoms with Crippen LogP contribution < -0.4 is 21.5 Å². The number of nitrogens with zero attached hydrogens (tertiary/aromatic N) is 3. The van der Waals surface area contributed by atoms with E-state index >= 15 is 0 Å². The average Bonchev–Trinajstić information content (AvgIpc) is 3.19. The Bertz CT molecular complexity index is 1100. The van der Waals surface area contributed by atoms with E-state index < -0.39 is 37.0 Å². The number of nitrogen functional groups attached to an aromatic ring is 1. The fourth-order valence-corrected chi connectivity index (χ4v) is 5.11. The number of hydrogen-bond acceptors (Lipinski definition) is 10. The van der Waals surface area contributed by atoms with Gasteiger partial charge in [-0.3, -0.25) is 23.9 Å². The number of nitrogens with one attached hydrogen (secondary N) is 3. The molecule has 0 amide bonds. The molecule has 2 aromatic rings. The molecular weight excluding hydrogens is 481 g/mol. The summed E-state index contributed by atoms with van der Waals surface area (Å²) in [6.07, 6.45) is 2.66. The number of rotatable bonds is 15. The van der Waals surface area contributed by atoms with Crippen LogP contribution in [0.4, 0.5) is 5.95 Å². The second-order valence-corrected chi connectivity index (χ2v) is 10.1. The smallest absolute Gasteiger partial charge is 0.323 e. The number of fused-ring (bicyclic) bond motifs is 1. The standard InChI is InChI=1S/C20H34N7O7P/c1-5-7-9-34-19(30)14(4)26-35(31,25-13(3)18(29)33-6-2)12-32-10-8-27-11-22-15-16(27)23-20(21)24-17(15)28/h11,13-14H,5-10,12H2,1-4H3,(H2,25,26,31)(H3,21,23,24,28)/t13-,14+,35?/m0/s1. The zero-order valence-corrected chi connectivity index (χ0v) is 21.3. The van der Waals surface area contributed by atoms with Crippen molar-refractivity contribution in [3.8, 4) is 0 Å². The number of H-pyrrole nitrogens is 1. The molecule has 0 saturated carbocycles. The molecule has 2 rings (SSSR count). The Balaban J connectivity index is 2.04. The minimum absolute atomic E-state index is 0.0455. The highest BCUT2D eigenvalue weighted by Gasteiger charge is 2.32. The lowest BCUT2D eigenvalue weighted by molar-refractivity contribution is -0.145. The van der Waals surface area contributed by atoms with E-state index in [2.05, 4.69) is 25.1 Å². The van der Waals surface area contributed by atoms with Gasteiger partial charge in [-0.15, -0.1) is 0 Å². The summed E-state index contributed by atoms with van der Waals surface area (Å²) in [5, 5.41) is 5.44. The lowest BCUT2D eigenvalue weighted by atomic mass is 10.3. The molecule has 1 unspecified atom stereocenters. The Hall–Kier alpha value is -2.80. The van der Waals surface area contributed by atoms with Crippen molar-refractivity contribution < 1.29 is 28.4 Å². The molecule has 2 heterocycles. The van der Waals surface area contributed by atoms with E-state index in [0.717, 1.165) is 6.42 Å². The molecule has 0 fully saturated rings. The van der Waals surface area contributed by atoms with Gasteiger partial charge in [0.1, 0.15) is 18.4 Å². The number of imidazole rings is 1. The number of carbonyl (C=O) groups excluding carboxylic acids is 2. The third kappa shape index (κ3) is 8.42. The lowest BCUT2D eigenvalue weighted by Gasteiger charge is -2.26. The van der Waals surface area contributed by atoms with Crippen molar-refractivity contribution in [3.63, 3.8) is 0 Å². The van der Waals surface area contributed by atoms with Gasteiger partial charge < -0.3 is 24.5 Å². The first-order valence-electron chi connectivity index (χ1n) is 11.4. The van der Waals surface area contributed by atoms with Crippen LogP contribution >= 0.6 is 7.44 Å². The molecular formula is C20H34N7O7P. The Labute approximate surface area is 202 Å². The van der Waals surface area contributed by atoms with Crippen LogP contribution in [0.5, 0.6) is 0 Å². The van der Waals surface area contributed by atoms with Crippen LogP contribution in [0.3, 0.4) is 0 Å². The van der Waals surface area contributed by atoms with Crippen LogP contribution in [0.1, 0.15) is 40.5 Å². The Morgan fingerprint density at radius 1 is 1.17 bits per heavy atom. The normalized spacial score (nSPS) is 14.9. The highest BCUT2D eigenvalue weighted by atomic mass is 31.2. The van der Waals surface area contributed by atoms with Gasteiger partial charge in [-0.2, -0.15) is 4.98 Å². The zero-order valence-electron chi connectivity index (χ0n) is 20.4. The molecule has 3 atom stereocenters. The molecule has 5 N–H and O–H groups in total. The number of anilines is 1. The first-order chi connectivity index (χ1) is 16.6.